The molecule has 0 aromatic carbocycles. The van der Waals surface area contributed by atoms with Crippen molar-refractivity contribution in [3.63, 3.8) is 0 Å². The number of phosphoric acid groups is 2. The number of esters is 4. The molecule has 0 aliphatic carbocycles. The lowest BCUT2D eigenvalue weighted by Gasteiger charge is -2.21. The Bertz CT molecular complexity index is 2130. The smallest absolute Gasteiger partial charge is 0.462 e. The summed E-state index contributed by atoms with van der Waals surface area (Å²) in [6, 6.07) is 0. The summed E-state index contributed by atoms with van der Waals surface area (Å²) in [4.78, 5) is 73.0. The summed E-state index contributed by atoms with van der Waals surface area (Å²) < 4.78 is 68.6. The van der Waals surface area contributed by atoms with Gasteiger partial charge in [0.05, 0.1) is 26.4 Å². The molecular formula is C81H148O17P2. The largest absolute Gasteiger partial charge is 0.472 e. The summed E-state index contributed by atoms with van der Waals surface area (Å²) in [5.74, 6) is -2.18. The third kappa shape index (κ3) is 73.1. The number of unbranched alkanes of at least 4 members (excludes halogenated alkanes) is 41. The molecule has 0 aromatic rings. The van der Waals surface area contributed by atoms with Crippen LogP contribution in [0, 0.1) is 0 Å². The van der Waals surface area contributed by atoms with Crippen LogP contribution in [-0.2, 0) is 65.4 Å². The molecule has 3 N–H and O–H groups in total. The lowest BCUT2D eigenvalue weighted by molar-refractivity contribution is -0.161. The second-order valence-corrected chi connectivity index (χ2v) is 30.3. The van der Waals surface area contributed by atoms with Gasteiger partial charge in [-0.15, -0.1) is 0 Å². The molecule has 17 nitrogen and oxygen atoms in total. The van der Waals surface area contributed by atoms with Crippen molar-refractivity contribution in [1.29, 1.82) is 0 Å². The van der Waals surface area contributed by atoms with Gasteiger partial charge in [0.25, 0.3) is 0 Å². The summed E-state index contributed by atoms with van der Waals surface area (Å²) in [6.07, 6.45) is 73.3. The summed E-state index contributed by atoms with van der Waals surface area (Å²) in [7, 11) is -9.95. The standard InChI is InChI=1S/C81H148O17P2/c1-5-9-13-17-21-25-29-33-37-41-45-49-53-57-61-65-78(83)91-71-76(97-80(85)67-63-59-55-51-47-43-39-35-31-27-23-19-15-11-7-3)73-95-99(87,88)93-69-75(82)70-94-100(89,90)96-74-77(98-81(86)68-64-60-56-52-48-44-40-36-32-28-24-20-16-12-8-4)72-92-79(84)66-62-58-54-50-46-42-38-34-30-26-22-18-14-10-6-2/h23,25-27,29-30,35-36,39-40,75-77,82H,5-22,24,28,31-34,37-38,41-74H2,1-4H3,(H,87,88)(H,89,90)/b27-23-,29-25-,30-26-,39-35-,40-36-/t75-,76-,77-/m1/s1. The van der Waals surface area contributed by atoms with Crippen LogP contribution in [0.3, 0.4) is 0 Å². The van der Waals surface area contributed by atoms with Crippen molar-refractivity contribution in [1.82, 2.24) is 0 Å². The first-order valence-electron chi connectivity index (χ1n) is 40.5. The summed E-state index contributed by atoms with van der Waals surface area (Å²) in [5.41, 5.74) is 0. The fraction of sp³-hybridized carbons (Fsp3) is 0.827. The third-order valence-corrected chi connectivity index (χ3v) is 19.3. The van der Waals surface area contributed by atoms with Crippen LogP contribution >= 0.6 is 15.6 Å². The first-order chi connectivity index (χ1) is 48.7. The monoisotopic (exact) mass is 1460 g/mol. The lowest BCUT2D eigenvalue weighted by atomic mass is 10.1. The van der Waals surface area contributed by atoms with E-state index in [1.807, 2.05) is 0 Å². The SMILES string of the molecule is CCCCC/C=C\C/C=C\CCCCCCCC(=O)O[C@H](COC(=O)CCCCCCCCC/C=C\CCCCCC)COP(=O)(O)OC[C@@H](O)COP(=O)(O)OC[C@@H](COC(=O)CCCCCCCCC/C=C\CCCCCC)OC(=O)CCCCCCC/C=C\CCCCCCCC. The molecule has 0 radical (unpaired) electrons. The van der Waals surface area contributed by atoms with Crippen LogP contribution in [0.1, 0.15) is 374 Å². The van der Waals surface area contributed by atoms with Gasteiger partial charge in [0.15, 0.2) is 12.2 Å². The van der Waals surface area contributed by atoms with Gasteiger partial charge in [-0.3, -0.25) is 37.3 Å². The maximum Gasteiger partial charge on any atom is 0.472 e. The highest BCUT2D eigenvalue weighted by atomic mass is 31.2. The van der Waals surface area contributed by atoms with E-state index in [9.17, 15) is 43.2 Å². The van der Waals surface area contributed by atoms with Crippen molar-refractivity contribution < 1.29 is 80.2 Å². The fourth-order valence-electron chi connectivity index (χ4n) is 11.2. The van der Waals surface area contributed by atoms with E-state index in [1.165, 1.54) is 135 Å². The second kappa shape index (κ2) is 74.0. The van der Waals surface area contributed by atoms with Crippen molar-refractivity contribution in [3.05, 3.63) is 60.8 Å². The van der Waals surface area contributed by atoms with E-state index < -0.39 is 97.5 Å². The molecule has 0 heterocycles. The van der Waals surface area contributed by atoms with Crippen molar-refractivity contribution in [2.45, 2.75) is 393 Å². The number of aliphatic hydroxyl groups is 1. The van der Waals surface area contributed by atoms with E-state index in [0.29, 0.717) is 25.7 Å². The van der Waals surface area contributed by atoms with Gasteiger partial charge in [-0.05, 0) is 135 Å². The highest BCUT2D eigenvalue weighted by molar-refractivity contribution is 7.47. The minimum absolute atomic E-state index is 0.0819. The van der Waals surface area contributed by atoms with Crippen LogP contribution in [0.2, 0.25) is 0 Å². The molecule has 0 aromatic heterocycles. The van der Waals surface area contributed by atoms with Gasteiger partial charge >= 0.3 is 39.5 Å². The van der Waals surface area contributed by atoms with E-state index in [4.69, 9.17) is 37.0 Å². The number of hydrogen-bond acceptors (Lipinski definition) is 15. The van der Waals surface area contributed by atoms with Crippen LogP contribution in [0.5, 0.6) is 0 Å². The van der Waals surface area contributed by atoms with Crippen LogP contribution in [0.15, 0.2) is 60.8 Å². The quantitative estimate of drug-likeness (QED) is 0.0169. The zero-order valence-electron chi connectivity index (χ0n) is 63.9. The maximum absolute atomic E-state index is 13.1. The van der Waals surface area contributed by atoms with Crippen molar-refractivity contribution in [3.8, 4) is 0 Å². The molecular weight excluding hydrogens is 1310 g/mol. The van der Waals surface area contributed by atoms with Crippen LogP contribution in [0.4, 0.5) is 0 Å². The highest BCUT2D eigenvalue weighted by Crippen LogP contribution is 2.45. The minimum atomic E-state index is -4.97. The summed E-state index contributed by atoms with van der Waals surface area (Å²) >= 11 is 0. The van der Waals surface area contributed by atoms with Crippen LogP contribution < -0.4 is 0 Å². The highest BCUT2D eigenvalue weighted by Gasteiger charge is 2.30. The predicted octanol–water partition coefficient (Wildman–Crippen LogP) is 23.5. The molecule has 0 amide bonds. The van der Waals surface area contributed by atoms with E-state index in [2.05, 4.69) is 88.5 Å². The van der Waals surface area contributed by atoms with Crippen molar-refractivity contribution in [2.24, 2.45) is 0 Å². The van der Waals surface area contributed by atoms with E-state index in [-0.39, 0.29) is 25.7 Å². The minimum Gasteiger partial charge on any atom is -0.462 e. The van der Waals surface area contributed by atoms with E-state index in [1.54, 1.807) is 0 Å². The molecule has 0 rings (SSSR count). The summed E-state index contributed by atoms with van der Waals surface area (Å²) in [6.45, 7) is 4.86. The molecule has 0 saturated carbocycles. The molecule has 5 atom stereocenters. The van der Waals surface area contributed by atoms with Gasteiger partial charge in [-0.25, -0.2) is 9.13 Å². The zero-order valence-corrected chi connectivity index (χ0v) is 65.7. The molecule has 0 aliphatic rings. The van der Waals surface area contributed by atoms with E-state index >= 15 is 0 Å². The molecule has 0 saturated heterocycles. The average Bonchev–Trinajstić information content (AvgIpc) is 1.25. The first kappa shape index (κ1) is 96.8. The molecule has 0 bridgehead atoms. The zero-order chi connectivity index (χ0) is 73.2. The molecule has 100 heavy (non-hydrogen) atoms. The first-order valence-corrected chi connectivity index (χ1v) is 43.5. The van der Waals surface area contributed by atoms with Gasteiger partial charge in [0, 0.05) is 25.7 Å². The Hall–Kier alpha value is -3.24. The summed E-state index contributed by atoms with van der Waals surface area (Å²) in [5, 5.41) is 10.6. The Morgan fingerprint density at radius 3 is 0.780 bits per heavy atom. The normalized spacial score (nSPS) is 14.2. The second-order valence-electron chi connectivity index (χ2n) is 27.3. The average molecular weight is 1460 g/mol. The Labute approximate surface area is 610 Å². The van der Waals surface area contributed by atoms with E-state index in [0.717, 1.165) is 161 Å². The number of phosphoric ester groups is 2. The molecule has 584 valence electrons. The molecule has 2 unspecified atom stereocenters. The van der Waals surface area contributed by atoms with Gasteiger partial charge in [-0.2, -0.15) is 0 Å². The molecule has 0 fully saturated rings. The molecule has 0 aliphatic heterocycles. The fourth-order valence-corrected chi connectivity index (χ4v) is 12.8. The van der Waals surface area contributed by atoms with Gasteiger partial charge < -0.3 is 33.8 Å². The van der Waals surface area contributed by atoms with Gasteiger partial charge in [-0.1, -0.05) is 275 Å². The molecule has 0 spiro atoms. The van der Waals surface area contributed by atoms with Crippen LogP contribution in [0.25, 0.3) is 0 Å². The van der Waals surface area contributed by atoms with Gasteiger partial charge in [0.1, 0.15) is 19.3 Å². The number of carbonyl (C=O) groups excluding carboxylic acids is 4. The number of ether oxygens (including phenoxy) is 4. The Morgan fingerprint density at radius 2 is 0.490 bits per heavy atom. The van der Waals surface area contributed by atoms with Crippen molar-refractivity contribution in [2.75, 3.05) is 39.6 Å². The Kier molecular flexibility index (Phi) is 71.6. The maximum atomic E-state index is 13.1. The molecule has 19 heteroatoms. The number of hydrogen-bond donors (Lipinski definition) is 3. The lowest BCUT2D eigenvalue weighted by Crippen LogP contribution is -2.30. The number of allylic oxidation sites excluding steroid dienone is 10. The van der Waals surface area contributed by atoms with Crippen molar-refractivity contribution >= 4 is 39.5 Å². The number of rotatable bonds is 77. The Morgan fingerprint density at radius 1 is 0.280 bits per heavy atom. The van der Waals surface area contributed by atoms with Gasteiger partial charge in [0.2, 0.25) is 0 Å². The number of aliphatic hydroxyl groups excluding tert-OH is 1. The Balaban J connectivity index is 5.35. The number of carbonyl (C=O) groups is 4. The third-order valence-electron chi connectivity index (χ3n) is 17.4. The van der Waals surface area contributed by atoms with Crippen LogP contribution in [-0.4, -0.2) is 96.7 Å². The topological polar surface area (TPSA) is 237 Å². The predicted molar refractivity (Wildman–Crippen MR) is 409 cm³/mol.